The van der Waals surface area contributed by atoms with E-state index in [4.69, 9.17) is 0 Å². The van der Waals surface area contributed by atoms with Crippen LogP contribution in [0.1, 0.15) is 30.4 Å². The Balaban J connectivity index is 1.96. The highest BCUT2D eigenvalue weighted by Crippen LogP contribution is 2.45. The molecule has 0 bridgehead atoms. The van der Waals surface area contributed by atoms with E-state index in [0.717, 1.165) is 36.9 Å². The fraction of sp³-hybridized carbons (Fsp3) is 0.400. The minimum atomic E-state index is -0.319. The summed E-state index contributed by atoms with van der Waals surface area (Å²) in [5, 5.41) is 0. The summed E-state index contributed by atoms with van der Waals surface area (Å²) in [6, 6.07) is 6.00. The molecule has 1 aliphatic heterocycles. The second kappa shape index (κ2) is 4.00. The summed E-state index contributed by atoms with van der Waals surface area (Å²) in [6.45, 7) is -0.312. The molecule has 1 aliphatic carbocycles. The average Bonchev–Trinajstić information content (AvgIpc) is 3.17. The van der Waals surface area contributed by atoms with Crippen LogP contribution in [-0.4, -0.2) is 12.9 Å². The van der Waals surface area contributed by atoms with Gasteiger partial charge in [-0.05, 0) is 43.4 Å². The van der Waals surface area contributed by atoms with E-state index >= 15 is 0 Å². The molecule has 17 heavy (non-hydrogen) atoms. The second-order valence-corrected chi connectivity index (χ2v) is 4.82. The molecule has 0 N–H and O–H groups in total. The molecule has 0 amide bonds. The highest BCUT2D eigenvalue weighted by atomic mass is 19.1. The van der Waals surface area contributed by atoms with Gasteiger partial charge in [-0.25, -0.2) is 4.39 Å². The summed E-state index contributed by atoms with van der Waals surface area (Å²) in [4.78, 5) is 4.37. The van der Waals surface area contributed by atoms with Gasteiger partial charge in [-0.2, -0.15) is 0 Å². The van der Waals surface area contributed by atoms with Gasteiger partial charge in [-0.1, -0.05) is 17.9 Å². The number of alkyl halides is 1. The van der Waals surface area contributed by atoms with Gasteiger partial charge < -0.3 is 0 Å². The van der Waals surface area contributed by atoms with E-state index in [0.29, 0.717) is 0 Å². The summed E-state index contributed by atoms with van der Waals surface area (Å²) >= 11 is 0. The summed E-state index contributed by atoms with van der Waals surface area (Å²) < 4.78 is 12.7. The van der Waals surface area contributed by atoms with Gasteiger partial charge in [0.2, 0.25) is 0 Å². The van der Waals surface area contributed by atoms with Crippen LogP contribution in [0.25, 0.3) is 0 Å². The number of halogens is 1. The molecule has 2 heteroatoms. The number of nitrogens with zero attached hydrogens (tertiary/aromatic N) is 1. The first kappa shape index (κ1) is 10.5. The molecule has 0 saturated heterocycles. The van der Waals surface area contributed by atoms with Crippen molar-refractivity contribution in [1.29, 1.82) is 0 Å². The molecular formula is C15H14FN. The molecule has 1 aromatic rings. The number of benzene rings is 1. The minimum Gasteiger partial charge on any atom is -0.261 e. The fourth-order valence-electron chi connectivity index (χ4n) is 2.09. The number of aliphatic imine (C=N–C) groups is 1. The Kier molecular flexibility index (Phi) is 2.48. The van der Waals surface area contributed by atoms with Crippen molar-refractivity contribution in [3.8, 4) is 11.8 Å². The SMILES string of the molecule is FCC1(C#Cc2cccc3c2CCC=N3)CC1. The van der Waals surface area contributed by atoms with Crippen LogP contribution in [0, 0.1) is 17.3 Å². The molecule has 3 rings (SSSR count). The summed E-state index contributed by atoms with van der Waals surface area (Å²) in [6.07, 6.45) is 5.73. The van der Waals surface area contributed by atoms with Crippen molar-refractivity contribution in [2.45, 2.75) is 25.7 Å². The minimum absolute atomic E-state index is 0.312. The van der Waals surface area contributed by atoms with E-state index in [1.165, 1.54) is 5.56 Å². The normalized spacial score (nSPS) is 19.1. The van der Waals surface area contributed by atoms with Gasteiger partial charge in [0.1, 0.15) is 6.67 Å². The Hall–Kier alpha value is -1.62. The molecular weight excluding hydrogens is 213 g/mol. The molecule has 0 atom stereocenters. The van der Waals surface area contributed by atoms with Crippen LogP contribution < -0.4 is 0 Å². The molecule has 86 valence electrons. The van der Waals surface area contributed by atoms with E-state index in [-0.39, 0.29) is 12.1 Å². The van der Waals surface area contributed by atoms with Crippen molar-refractivity contribution in [3.63, 3.8) is 0 Å². The van der Waals surface area contributed by atoms with Gasteiger partial charge in [0.15, 0.2) is 0 Å². The quantitative estimate of drug-likeness (QED) is 0.652. The van der Waals surface area contributed by atoms with E-state index in [1.807, 2.05) is 24.4 Å². The summed E-state index contributed by atoms with van der Waals surface area (Å²) in [5.74, 6) is 6.27. The molecule has 1 heterocycles. The Morgan fingerprint density at radius 2 is 2.24 bits per heavy atom. The zero-order valence-corrected chi connectivity index (χ0v) is 9.67. The predicted molar refractivity (Wildman–Crippen MR) is 67.4 cm³/mol. The largest absolute Gasteiger partial charge is 0.261 e. The van der Waals surface area contributed by atoms with E-state index in [1.54, 1.807) is 0 Å². The highest BCUT2D eigenvalue weighted by Gasteiger charge is 2.41. The van der Waals surface area contributed by atoms with Gasteiger partial charge in [-0.15, -0.1) is 0 Å². The molecule has 0 aromatic heterocycles. The molecule has 1 aromatic carbocycles. The third-order valence-corrected chi connectivity index (χ3v) is 3.48. The van der Waals surface area contributed by atoms with Crippen LogP contribution in [0.15, 0.2) is 23.2 Å². The predicted octanol–water partition coefficient (Wildman–Crippen LogP) is 3.44. The fourth-order valence-corrected chi connectivity index (χ4v) is 2.09. The van der Waals surface area contributed by atoms with Crippen molar-refractivity contribution >= 4 is 11.9 Å². The first-order valence-electron chi connectivity index (χ1n) is 6.07. The number of hydrogen-bond donors (Lipinski definition) is 0. The molecule has 1 nitrogen and oxygen atoms in total. The Labute approximate surface area is 101 Å². The number of fused-ring (bicyclic) bond motifs is 1. The van der Waals surface area contributed by atoms with Crippen molar-refractivity contribution < 1.29 is 4.39 Å². The highest BCUT2D eigenvalue weighted by molar-refractivity contribution is 5.71. The monoisotopic (exact) mass is 227 g/mol. The smallest absolute Gasteiger partial charge is 0.106 e. The van der Waals surface area contributed by atoms with Crippen molar-refractivity contribution in [2.75, 3.05) is 6.67 Å². The lowest BCUT2D eigenvalue weighted by molar-refractivity contribution is 0.407. The molecule has 1 saturated carbocycles. The standard InChI is InChI=1S/C15H14FN/c16-11-15(8-9-15)7-6-12-3-1-5-14-13(12)4-2-10-17-14/h1,3,5,10H,2,4,8-9,11H2. The Morgan fingerprint density at radius 3 is 3.00 bits per heavy atom. The molecule has 1 fully saturated rings. The molecule has 0 radical (unpaired) electrons. The Morgan fingerprint density at radius 1 is 1.35 bits per heavy atom. The second-order valence-electron chi connectivity index (χ2n) is 4.82. The third-order valence-electron chi connectivity index (χ3n) is 3.48. The van der Waals surface area contributed by atoms with Crippen LogP contribution in [0.3, 0.4) is 0 Å². The lowest BCUT2D eigenvalue weighted by Gasteiger charge is -2.11. The lowest BCUT2D eigenvalue weighted by atomic mass is 9.98. The lowest BCUT2D eigenvalue weighted by Crippen LogP contribution is -2.00. The maximum absolute atomic E-state index is 12.7. The number of hydrogen-bond acceptors (Lipinski definition) is 1. The van der Waals surface area contributed by atoms with Crippen LogP contribution in [-0.2, 0) is 6.42 Å². The molecule has 0 unspecified atom stereocenters. The summed E-state index contributed by atoms with van der Waals surface area (Å²) in [7, 11) is 0. The zero-order chi connectivity index (χ0) is 11.7. The van der Waals surface area contributed by atoms with Gasteiger partial charge in [0, 0.05) is 11.8 Å². The van der Waals surface area contributed by atoms with E-state index in [9.17, 15) is 4.39 Å². The average molecular weight is 227 g/mol. The van der Waals surface area contributed by atoms with E-state index in [2.05, 4.69) is 16.8 Å². The van der Waals surface area contributed by atoms with Gasteiger partial charge >= 0.3 is 0 Å². The van der Waals surface area contributed by atoms with Crippen LogP contribution in [0.5, 0.6) is 0 Å². The van der Waals surface area contributed by atoms with Gasteiger partial charge in [-0.3, -0.25) is 4.99 Å². The first-order valence-corrected chi connectivity index (χ1v) is 6.07. The topological polar surface area (TPSA) is 12.4 Å². The van der Waals surface area contributed by atoms with Crippen molar-refractivity contribution in [1.82, 2.24) is 0 Å². The van der Waals surface area contributed by atoms with E-state index < -0.39 is 0 Å². The third kappa shape index (κ3) is 1.98. The summed E-state index contributed by atoms with van der Waals surface area (Å²) in [5.41, 5.74) is 2.95. The maximum atomic E-state index is 12.7. The number of rotatable bonds is 1. The van der Waals surface area contributed by atoms with Gasteiger partial charge in [0.25, 0.3) is 0 Å². The zero-order valence-electron chi connectivity index (χ0n) is 9.67. The molecule has 2 aliphatic rings. The first-order chi connectivity index (χ1) is 8.33. The van der Waals surface area contributed by atoms with Crippen molar-refractivity contribution in [2.24, 2.45) is 10.4 Å². The van der Waals surface area contributed by atoms with Gasteiger partial charge in [0.05, 0.1) is 11.1 Å². The maximum Gasteiger partial charge on any atom is 0.106 e. The van der Waals surface area contributed by atoms with Crippen molar-refractivity contribution in [3.05, 3.63) is 29.3 Å². The van der Waals surface area contributed by atoms with Crippen LogP contribution in [0.2, 0.25) is 0 Å². The van der Waals surface area contributed by atoms with Crippen LogP contribution in [0.4, 0.5) is 10.1 Å². The van der Waals surface area contributed by atoms with Crippen LogP contribution >= 0.6 is 0 Å². The Bertz CT molecular complexity index is 530. The molecule has 0 spiro atoms.